The second-order valence-electron chi connectivity index (χ2n) is 4.07. The number of carbonyl (C=O) groups excluding carboxylic acids is 1. The highest BCUT2D eigenvalue weighted by atomic mass is 79.9. The molecular formula is C11H11BrN2O2. The topological polar surface area (TPSA) is 42.4 Å². The van der Waals surface area contributed by atoms with Crippen LogP contribution in [0.5, 0.6) is 0 Å². The molecule has 0 spiro atoms. The number of pyridine rings is 1. The first-order valence-electron chi connectivity index (χ1n) is 5.29. The summed E-state index contributed by atoms with van der Waals surface area (Å²) >= 11 is 3.40. The zero-order valence-electron chi connectivity index (χ0n) is 8.65. The van der Waals surface area contributed by atoms with Crippen LogP contribution < -0.4 is 4.90 Å². The summed E-state index contributed by atoms with van der Waals surface area (Å²) in [7, 11) is 0. The monoisotopic (exact) mass is 282 g/mol. The summed E-state index contributed by atoms with van der Waals surface area (Å²) in [6.45, 7) is 2.19. The molecular weight excluding hydrogens is 272 g/mol. The Morgan fingerprint density at radius 3 is 3.31 bits per heavy atom. The Labute approximate surface area is 102 Å². The number of nitrogens with zero attached hydrogens (tertiary/aromatic N) is 2. The predicted molar refractivity (Wildman–Crippen MR) is 62.8 cm³/mol. The number of hydrogen-bond donors (Lipinski definition) is 0. The molecule has 1 atom stereocenters. The van der Waals surface area contributed by atoms with E-state index in [4.69, 9.17) is 4.74 Å². The fourth-order valence-corrected chi connectivity index (χ4v) is 2.63. The minimum Gasteiger partial charge on any atom is -0.377 e. The third-order valence-electron chi connectivity index (χ3n) is 3.06. The number of anilines is 1. The van der Waals surface area contributed by atoms with Gasteiger partial charge in [0.05, 0.1) is 24.9 Å². The lowest BCUT2D eigenvalue weighted by molar-refractivity contribution is 0.0760. The van der Waals surface area contributed by atoms with Gasteiger partial charge in [0.25, 0.3) is 0 Å². The fourth-order valence-electron chi connectivity index (χ4n) is 2.31. The molecule has 0 unspecified atom stereocenters. The third kappa shape index (κ3) is 1.55. The maximum Gasteiger partial charge on any atom is 0.185 e. The van der Waals surface area contributed by atoms with Crippen molar-refractivity contribution >= 4 is 27.4 Å². The molecule has 1 saturated heterocycles. The summed E-state index contributed by atoms with van der Waals surface area (Å²) < 4.78 is 6.32. The first-order valence-corrected chi connectivity index (χ1v) is 6.08. The van der Waals surface area contributed by atoms with Crippen molar-refractivity contribution in [2.24, 2.45) is 0 Å². The molecule has 0 N–H and O–H groups in total. The molecule has 0 aromatic carbocycles. The molecule has 2 aliphatic heterocycles. The van der Waals surface area contributed by atoms with Crippen LogP contribution in [0.2, 0.25) is 0 Å². The van der Waals surface area contributed by atoms with E-state index in [1.807, 2.05) is 6.07 Å². The molecule has 1 aromatic heterocycles. The molecule has 3 heterocycles. The van der Waals surface area contributed by atoms with Crippen molar-refractivity contribution in [2.75, 3.05) is 24.7 Å². The molecule has 84 valence electrons. The van der Waals surface area contributed by atoms with E-state index in [1.165, 1.54) is 0 Å². The zero-order chi connectivity index (χ0) is 11.1. The maximum atomic E-state index is 11.9. The highest BCUT2D eigenvalue weighted by Crippen LogP contribution is 2.32. The molecule has 0 saturated carbocycles. The van der Waals surface area contributed by atoms with Gasteiger partial charge in [-0.1, -0.05) is 0 Å². The Kier molecular flexibility index (Phi) is 2.44. The van der Waals surface area contributed by atoms with Crippen LogP contribution in [0.1, 0.15) is 16.9 Å². The van der Waals surface area contributed by atoms with Crippen molar-refractivity contribution in [1.29, 1.82) is 0 Å². The first-order chi connectivity index (χ1) is 7.75. The fraction of sp³-hybridized carbons (Fsp3) is 0.455. The molecule has 0 amide bonds. The van der Waals surface area contributed by atoms with E-state index >= 15 is 0 Å². The average molecular weight is 283 g/mol. The molecule has 0 radical (unpaired) electrons. The summed E-state index contributed by atoms with van der Waals surface area (Å²) in [6, 6.07) is 2.15. The Morgan fingerprint density at radius 1 is 1.56 bits per heavy atom. The molecule has 0 aliphatic carbocycles. The van der Waals surface area contributed by atoms with Crippen LogP contribution in [0.3, 0.4) is 0 Å². The van der Waals surface area contributed by atoms with Crippen molar-refractivity contribution < 1.29 is 9.53 Å². The number of ether oxygens (including phenoxy) is 1. The van der Waals surface area contributed by atoms with Crippen molar-refractivity contribution in [3.8, 4) is 0 Å². The van der Waals surface area contributed by atoms with E-state index < -0.39 is 0 Å². The summed E-state index contributed by atoms with van der Waals surface area (Å²) in [5, 5.41) is 0. The first kappa shape index (κ1) is 10.2. The van der Waals surface area contributed by atoms with E-state index in [9.17, 15) is 4.79 Å². The number of aromatic nitrogens is 1. The third-order valence-corrected chi connectivity index (χ3v) is 3.49. The van der Waals surface area contributed by atoms with Gasteiger partial charge in [0.15, 0.2) is 5.78 Å². The lowest BCUT2D eigenvalue weighted by Gasteiger charge is -2.40. The molecule has 1 fully saturated rings. The van der Waals surface area contributed by atoms with Crippen LogP contribution in [-0.4, -0.2) is 36.6 Å². The molecule has 4 nitrogen and oxygen atoms in total. The van der Waals surface area contributed by atoms with E-state index in [1.54, 1.807) is 6.20 Å². The Hall–Kier alpha value is -0.940. The van der Waals surface area contributed by atoms with Crippen molar-refractivity contribution in [3.63, 3.8) is 0 Å². The highest BCUT2D eigenvalue weighted by molar-refractivity contribution is 9.10. The van der Waals surface area contributed by atoms with Gasteiger partial charge in [-0.2, -0.15) is 0 Å². The van der Waals surface area contributed by atoms with Gasteiger partial charge in [-0.05, 0) is 22.0 Å². The SMILES string of the molecule is O=C1C[C@H]2COCCN2c2cc(Br)cnc21. The molecule has 2 aliphatic rings. The molecule has 16 heavy (non-hydrogen) atoms. The number of halogens is 1. The quantitative estimate of drug-likeness (QED) is 0.726. The van der Waals surface area contributed by atoms with E-state index in [-0.39, 0.29) is 11.8 Å². The van der Waals surface area contributed by atoms with Crippen molar-refractivity contribution in [1.82, 2.24) is 4.98 Å². The molecule has 5 heteroatoms. The van der Waals surface area contributed by atoms with Gasteiger partial charge in [-0.15, -0.1) is 0 Å². The van der Waals surface area contributed by atoms with Gasteiger partial charge < -0.3 is 9.64 Å². The lowest BCUT2D eigenvalue weighted by atomic mass is 9.98. The minimum absolute atomic E-state index is 0.120. The average Bonchev–Trinajstić information content (AvgIpc) is 2.29. The van der Waals surface area contributed by atoms with Gasteiger partial charge >= 0.3 is 0 Å². The summed E-state index contributed by atoms with van der Waals surface area (Å²) in [4.78, 5) is 18.3. The largest absolute Gasteiger partial charge is 0.377 e. The van der Waals surface area contributed by atoms with Gasteiger partial charge in [0, 0.05) is 23.6 Å². The maximum absolute atomic E-state index is 11.9. The molecule has 1 aromatic rings. The standard InChI is InChI=1S/C11H11BrN2O2/c12-7-3-9-11(13-5-7)10(15)4-8-6-16-2-1-14(8)9/h3,5,8H,1-2,4,6H2/t8-/m0/s1. The Bertz CT molecular complexity index is 450. The minimum atomic E-state index is 0.120. The van der Waals surface area contributed by atoms with Gasteiger partial charge in [-0.3, -0.25) is 4.79 Å². The van der Waals surface area contributed by atoms with Gasteiger partial charge in [0.2, 0.25) is 0 Å². The zero-order valence-corrected chi connectivity index (χ0v) is 10.2. The number of Topliss-reactive ketones (excluding diaryl/α,β-unsaturated/α-hetero) is 1. The molecule has 0 bridgehead atoms. The summed E-state index contributed by atoms with van der Waals surface area (Å²) in [5.41, 5.74) is 1.54. The lowest BCUT2D eigenvalue weighted by Crippen LogP contribution is -2.49. The van der Waals surface area contributed by atoms with Crippen molar-refractivity contribution in [3.05, 3.63) is 22.4 Å². The number of morpholine rings is 1. The molecule has 3 rings (SSSR count). The second-order valence-corrected chi connectivity index (χ2v) is 4.99. The van der Waals surface area contributed by atoms with E-state index in [0.717, 1.165) is 23.3 Å². The number of carbonyl (C=O) groups is 1. The van der Waals surface area contributed by atoms with Gasteiger partial charge in [0.1, 0.15) is 5.69 Å². The van der Waals surface area contributed by atoms with Crippen LogP contribution in [-0.2, 0) is 4.74 Å². The highest BCUT2D eigenvalue weighted by Gasteiger charge is 2.34. The van der Waals surface area contributed by atoms with Crippen LogP contribution in [0.4, 0.5) is 5.69 Å². The Balaban J connectivity index is 2.09. The van der Waals surface area contributed by atoms with E-state index in [2.05, 4.69) is 25.8 Å². The predicted octanol–water partition coefficient (Wildman–Crippen LogP) is 1.64. The second kappa shape index (κ2) is 3.82. The summed E-state index contributed by atoms with van der Waals surface area (Å²) in [6.07, 6.45) is 2.19. The number of hydrogen-bond acceptors (Lipinski definition) is 4. The van der Waals surface area contributed by atoms with Crippen LogP contribution in [0, 0.1) is 0 Å². The van der Waals surface area contributed by atoms with Crippen molar-refractivity contribution in [2.45, 2.75) is 12.5 Å². The van der Waals surface area contributed by atoms with Gasteiger partial charge in [-0.25, -0.2) is 4.98 Å². The Morgan fingerprint density at radius 2 is 2.44 bits per heavy atom. The van der Waals surface area contributed by atoms with Crippen LogP contribution in [0.15, 0.2) is 16.7 Å². The normalized spacial score (nSPS) is 23.9. The number of fused-ring (bicyclic) bond motifs is 3. The number of ketones is 1. The van der Waals surface area contributed by atoms with E-state index in [0.29, 0.717) is 18.7 Å². The summed E-state index contributed by atoms with van der Waals surface area (Å²) in [5.74, 6) is 0.120. The smallest absolute Gasteiger partial charge is 0.185 e. The number of rotatable bonds is 0. The van der Waals surface area contributed by atoms with Crippen LogP contribution >= 0.6 is 15.9 Å². The van der Waals surface area contributed by atoms with Crippen LogP contribution in [0.25, 0.3) is 0 Å².